The molecule has 0 atom stereocenters. The third kappa shape index (κ3) is 3.23. The van der Waals surface area contributed by atoms with Crippen LogP contribution in [0.25, 0.3) is 0 Å². The normalized spacial score (nSPS) is 10.4. The van der Waals surface area contributed by atoms with Crippen LogP contribution in [0.4, 0.5) is 5.69 Å². The summed E-state index contributed by atoms with van der Waals surface area (Å²) in [5.74, 6) is -0.0700. The summed E-state index contributed by atoms with van der Waals surface area (Å²) < 4.78 is 0. The van der Waals surface area contributed by atoms with Crippen LogP contribution < -0.4 is 4.90 Å². The van der Waals surface area contributed by atoms with Crippen molar-refractivity contribution in [1.82, 2.24) is 4.98 Å². The van der Waals surface area contributed by atoms with E-state index in [1.807, 2.05) is 73.0 Å². The molecular formula is C18H16N2OS. The molecule has 3 aromatic rings. The summed E-state index contributed by atoms with van der Waals surface area (Å²) in [6.45, 7) is 2.44. The zero-order valence-electron chi connectivity index (χ0n) is 12.3. The number of carbonyl (C=O) groups excluding carboxylic acids is 1. The number of benzene rings is 2. The van der Waals surface area contributed by atoms with Gasteiger partial charge in [-0.25, -0.2) is 4.98 Å². The Morgan fingerprint density at radius 2 is 1.68 bits per heavy atom. The standard InChI is InChI=1S/C18H16N2OS/c1-14-19-17(13-22-14)18(21)20(16-10-6-3-7-11-16)12-15-8-4-2-5-9-15/h2-11,13H,12H2,1H3. The molecule has 22 heavy (non-hydrogen) atoms. The van der Waals surface area contributed by atoms with Gasteiger partial charge in [-0.3, -0.25) is 4.79 Å². The molecule has 110 valence electrons. The van der Waals surface area contributed by atoms with Gasteiger partial charge in [0.1, 0.15) is 5.69 Å². The number of carbonyl (C=O) groups is 1. The van der Waals surface area contributed by atoms with Crippen molar-refractivity contribution in [3.8, 4) is 0 Å². The second-order valence-corrected chi connectivity index (χ2v) is 6.03. The first-order valence-corrected chi connectivity index (χ1v) is 7.95. The first-order chi connectivity index (χ1) is 10.7. The molecule has 0 saturated heterocycles. The lowest BCUT2D eigenvalue weighted by Crippen LogP contribution is -2.30. The van der Waals surface area contributed by atoms with E-state index in [0.717, 1.165) is 16.3 Å². The van der Waals surface area contributed by atoms with Crippen LogP contribution in [0.15, 0.2) is 66.0 Å². The summed E-state index contributed by atoms with van der Waals surface area (Å²) in [7, 11) is 0. The van der Waals surface area contributed by atoms with E-state index in [9.17, 15) is 4.79 Å². The number of aryl methyl sites for hydroxylation is 1. The highest BCUT2D eigenvalue weighted by Crippen LogP contribution is 2.20. The highest BCUT2D eigenvalue weighted by Gasteiger charge is 2.20. The first-order valence-electron chi connectivity index (χ1n) is 7.07. The first kappa shape index (κ1) is 14.5. The molecule has 0 unspecified atom stereocenters. The van der Waals surface area contributed by atoms with Crippen LogP contribution in [-0.2, 0) is 6.54 Å². The highest BCUT2D eigenvalue weighted by atomic mass is 32.1. The van der Waals surface area contributed by atoms with Crippen molar-refractivity contribution in [2.45, 2.75) is 13.5 Å². The average molecular weight is 308 g/mol. The van der Waals surface area contributed by atoms with E-state index >= 15 is 0 Å². The van der Waals surface area contributed by atoms with E-state index in [2.05, 4.69) is 4.98 Å². The fourth-order valence-electron chi connectivity index (χ4n) is 2.25. The number of rotatable bonds is 4. The van der Waals surface area contributed by atoms with Crippen molar-refractivity contribution in [1.29, 1.82) is 0 Å². The molecule has 0 spiro atoms. The number of thiazole rings is 1. The Hall–Kier alpha value is -2.46. The number of hydrogen-bond acceptors (Lipinski definition) is 3. The Morgan fingerprint density at radius 3 is 2.27 bits per heavy atom. The van der Waals surface area contributed by atoms with Gasteiger partial charge in [0.05, 0.1) is 11.6 Å². The van der Waals surface area contributed by atoms with E-state index in [-0.39, 0.29) is 5.91 Å². The smallest absolute Gasteiger partial charge is 0.278 e. The Balaban J connectivity index is 1.94. The van der Waals surface area contributed by atoms with Crippen molar-refractivity contribution in [2.24, 2.45) is 0 Å². The van der Waals surface area contributed by atoms with Gasteiger partial charge in [-0.1, -0.05) is 48.5 Å². The number of hydrogen-bond donors (Lipinski definition) is 0. The van der Waals surface area contributed by atoms with E-state index in [0.29, 0.717) is 12.2 Å². The predicted octanol–water partition coefficient (Wildman–Crippen LogP) is 4.30. The highest BCUT2D eigenvalue weighted by molar-refractivity contribution is 7.09. The van der Waals surface area contributed by atoms with Crippen LogP contribution in [-0.4, -0.2) is 10.9 Å². The minimum absolute atomic E-state index is 0.0700. The summed E-state index contributed by atoms with van der Waals surface area (Å²) >= 11 is 1.49. The molecule has 0 aliphatic carbocycles. The van der Waals surface area contributed by atoms with Crippen LogP contribution >= 0.6 is 11.3 Å². The Kier molecular flexibility index (Phi) is 4.30. The SMILES string of the molecule is Cc1nc(C(=O)N(Cc2ccccc2)c2ccccc2)cs1. The van der Waals surface area contributed by atoms with Crippen molar-refractivity contribution in [2.75, 3.05) is 4.90 Å². The maximum absolute atomic E-state index is 12.8. The zero-order valence-corrected chi connectivity index (χ0v) is 13.1. The quantitative estimate of drug-likeness (QED) is 0.720. The van der Waals surface area contributed by atoms with Gasteiger partial charge in [0, 0.05) is 11.1 Å². The molecule has 0 aliphatic heterocycles. The van der Waals surface area contributed by atoms with Gasteiger partial charge in [-0.05, 0) is 24.6 Å². The topological polar surface area (TPSA) is 33.2 Å². The second-order valence-electron chi connectivity index (χ2n) is 4.96. The van der Waals surface area contributed by atoms with Crippen LogP contribution in [0.2, 0.25) is 0 Å². The average Bonchev–Trinajstić information content (AvgIpc) is 3.00. The lowest BCUT2D eigenvalue weighted by molar-refractivity contribution is 0.0981. The van der Waals surface area contributed by atoms with Crippen molar-refractivity contribution in [3.63, 3.8) is 0 Å². The van der Waals surface area contributed by atoms with Gasteiger partial charge >= 0.3 is 0 Å². The third-order valence-electron chi connectivity index (χ3n) is 3.33. The summed E-state index contributed by atoms with van der Waals surface area (Å²) in [4.78, 5) is 18.9. The van der Waals surface area contributed by atoms with E-state index in [1.54, 1.807) is 4.90 Å². The van der Waals surface area contributed by atoms with E-state index in [1.165, 1.54) is 11.3 Å². The molecule has 1 heterocycles. The van der Waals surface area contributed by atoms with Crippen molar-refractivity contribution in [3.05, 3.63) is 82.3 Å². The van der Waals surface area contributed by atoms with Crippen molar-refractivity contribution >= 4 is 22.9 Å². The number of para-hydroxylation sites is 1. The Labute approximate surface area is 133 Å². The molecule has 2 aromatic carbocycles. The molecule has 0 fully saturated rings. The van der Waals surface area contributed by atoms with Crippen LogP contribution in [0.3, 0.4) is 0 Å². The molecule has 3 nitrogen and oxygen atoms in total. The van der Waals surface area contributed by atoms with Crippen LogP contribution in [0.5, 0.6) is 0 Å². The molecule has 0 bridgehead atoms. The van der Waals surface area contributed by atoms with E-state index in [4.69, 9.17) is 0 Å². The minimum atomic E-state index is -0.0700. The third-order valence-corrected chi connectivity index (χ3v) is 4.11. The lowest BCUT2D eigenvalue weighted by Gasteiger charge is -2.22. The number of nitrogens with zero attached hydrogens (tertiary/aromatic N) is 2. The van der Waals surface area contributed by atoms with Gasteiger partial charge in [0.15, 0.2) is 0 Å². The molecule has 1 amide bonds. The summed E-state index contributed by atoms with van der Waals surface area (Å²) in [5, 5.41) is 2.72. The molecule has 0 saturated carbocycles. The molecular weight excluding hydrogens is 292 g/mol. The van der Waals surface area contributed by atoms with Gasteiger partial charge in [-0.15, -0.1) is 11.3 Å². The number of amides is 1. The molecule has 0 N–H and O–H groups in total. The maximum atomic E-state index is 12.8. The summed E-state index contributed by atoms with van der Waals surface area (Å²) in [6, 6.07) is 19.7. The Bertz CT molecular complexity index is 753. The maximum Gasteiger partial charge on any atom is 0.278 e. The number of aromatic nitrogens is 1. The van der Waals surface area contributed by atoms with Crippen LogP contribution in [0, 0.1) is 6.92 Å². The fourth-order valence-corrected chi connectivity index (χ4v) is 2.84. The molecule has 1 aromatic heterocycles. The van der Waals surface area contributed by atoms with Crippen LogP contribution in [0.1, 0.15) is 21.1 Å². The summed E-state index contributed by atoms with van der Waals surface area (Å²) in [5.41, 5.74) is 2.47. The molecule has 3 rings (SSSR count). The fraction of sp³-hybridized carbons (Fsp3) is 0.111. The van der Waals surface area contributed by atoms with Gasteiger partial charge in [0.25, 0.3) is 5.91 Å². The summed E-state index contributed by atoms with van der Waals surface area (Å²) in [6.07, 6.45) is 0. The minimum Gasteiger partial charge on any atom is -0.303 e. The molecule has 0 radical (unpaired) electrons. The van der Waals surface area contributed by atoms with Gasteiger partial charge in [-0.2, -0.15) is 0 Å². The lowest BCUT2D eigenvalue weighted by atomic mass is 10.2. The van der Waals surface area contributed by atoms with Gasteiger partial charge in [0.2, 0.25) is 0 Å². The van der Waals surface area contributed by atoms with Gasteiger partial charge < -0.3 is 4.90 Å². The second kappa shape index (κ2) is 6.54. The van der Waals surface area contributed by atoms with E-state index < -0.39 is 0 Å². The zero-order chi connectivity index (χ0) is 15.4. The number of anilines is 1. The predicted molar refractivity (Wildman–Crippen MR) is 90.2 cm³/mol. The largest absolute Gasteiger partial charge is 0.303 e. The molecule has 4 heteroatoms. The monoisotopic (exact) mass is 308 g/mol. The Morgan fingerprint density at radius 1 is 1.05 bits per heavy atom. The van der Waals surface area contributed by atoms with Crippen molar-refractivity contribution < 1.29 is 4.79 Å². The molecule has 0 aliphatic rings.